The summed E-state index contributed by atoms with van der Waals surface area (Å²) in [5.74, 6) is 0.00637. The Hall–Kier alpha value is -2.48. The Morgan fingerprint density at radius 3 is 2.46 bits per heavy atom. The molecule has 0 radical (unpaired) electrons. The monoisotopic (exact) mass is 339 g/mol. The minimum absolute atomic E-state index is 0.170. The van der Waals surface area contributed by atoms with Gasteiger partial charge in [-0.15, -0.1) is 0 Å². The van der Waals surface area contributed by atoms with Crippen molar-refractivity contribution in [3.63, 3.8) is 0 Å². The van der Waals surface area contributed by atoms with Gasteiger partial charge in [-0.1, -0.05) is 25.1 Å². The van der Waals surface area contributed by atoms with Gasteiger partial charge in [0.1, 0.15) is 5.82 Å². The van der Waals surface area contributed by atoms with Crippen molar-refractivity contribution < 1.29 is 23.1 Å². The van der Waals surface area contributed by atoms with Crippen molar-refractivity contribution in [2.75, 3.05) is 6.54 Å². The first-order chi connectivity index (χ1) is 11.3. The van der Waals surface area contributed by atoms with Gasteiger partial charge in [-0.25, -0.2) is 9.97 Å². The normalized spacial score (nSPS) is 12.7. The second-order valence-corrected chi connectivity index (χ2v) is 5.05. The molecule has 1 atom stereocenters. The molecule has 1 unspecified atom stereocenters. The molecule has 0 aliphatic heterocycles. The molecule has 128 valence electrons. The number of carbonyl (C=O) groups excluding carboxylic acids is 1. The third-order valence-electron chi connectivity index (χ3n) is 3.36. The van der Waals surface area contributed by atoms with Gasteiger partial charge in [0.15, 0.2) is 0 Å². The maximum absolute atomic E-state index is 12.9. The lowest BCUT2D eigenvalue weighted by atomic mass is 10.0. The molecule has 2 N–H and O–H groups in total. The third kappa shape index (κ3) is 4.29. The van der Waals surface area contributed by atoms with Gasteiger partial charge in [-0.2, -0.15) is 13.2 Å². The second-order valence-electron chi connectivity index (χ2n) is 5.05. The topological polar surface area (TPSA) is 75.1 Å². The van der Waals surface area contributed by atoms with Gasteiger partial charge in [0.25, 0.3) is 5.91 Å². The number of alkyl halides is 3. The number of amides is 1. The average Bonchev–Trinajstić information content (AvgIpc) is 2.58. The van der Waals surface area contributed by atoms with Crippen molar-refractivity contribution in [1.82, 2.24) is 15.3 Å². The summed E-state index contributed by atoms with van der Waals surface area (Å²) in [6, 6.07) is 4.70. The van der Waals surface area contributed by atoms with Crippen LogP contribution in [-0.2, 0) is 12.6 Å². The number of aryl methyl sites for hydroxylation is 1. The van der Waals surface area contributed by atoms with Gasteiger partial charge in [0, 0.05) is 25.4 Å². The molecular formula is C16H16F3N3O2. The van der Waals surface area contributed by atoms with Crippen molar-refractivity contribution in [3.05, 3.63) is 59.2 Å². The fourth-order valence-electron chi connectivity index (χ4n) is 2.10. The molecule has 0 spiro atoms. The van der Waals surface area contributed by atoms with E-state index in [2.05, 4.69) is 15.3 Å². The molecule has 24 heavy (non-hydrogen) atoms. The predicted octanol–water partition coefficient (Wildman–Crippen LogP) is 2.52. The lowest BCUT2D eigenvalue weighted by molar-refractivity contribution is -0.139. The highest BCUT2D eigenvalue weighted by Gasteiger charge is 2.34. The molecule has 1 heterocycles. The smallest absolute Gasteiger partial charge is 0.387 e. The zero-order chi connectivity index (χ0) is 17.7. The molecule has 0 saturated carbocycles. The van der Waals surface area contributed by atoms with Crippen LogP contribution in [0.15, 0.2) is 36.7 Å². The van der Waals surface area contributed by atoms with E-state index in [1.807, 2.05) is 6.92 Å². The van der Waals surface area contributed by atoms with Crippen LogP contribution >= 0.6 is 0 Å². The highest BCUT2D eigenvalue weighted by Crippen LogP contribution is 2.34. The van der Waals surface area contributed by atoms with Crippen LogP contribution in [0.1, 0.15) is 40.3 Å². The molecule has 0 saturated heterocycles. The molecule has 5 nitrogen and oxygen atoms in total. The maximum atomic E-state index is 12.9. The number of benzene rings is 1. The van der Waals surface area contributed by atoms with E-state index in [-0.39, 0.29) is 17.7 Å². The van der Waals surface area contributed by atoms with Crippen molar-refractivity contribution >= 4 is 5.91 Å². The number of aliphatic hydroxyl groups is 1. The van der Waals surface area contributed by atoms with E-state index in [4.69, 9.17) is 0 Å². The minimum atomic E-state index is -4.58. The number of nitrogens with one attached hydrogen (secondary N) is 1. The van der Waals surface area contributed by atoms with E-state index < -0.39 is 23.8 Å². The van der Waals surface area contributed by atoms with E-state index in [1.165, 1.54) is 30.6 Å². The van der Waals surface area contributed by atoms with Gasteiger partial charge < -0.3 is 10.4 Å². The van der Waals surface area contributed by atoms with Gasteiger partial charge in [0.05, 0.1) is 17.2 Å². The molecular weight excluding hydrogens is 323 g/mol. The SMILES string of the molecule is CCc1ncc(C(=O)NCC(O)c2ccccc2C(F)(F)F)cn1. The Bertz CT molecular complexity index is 702. The lowest BCUT2D eigenvalue weighted by Crippen LogP contribution is -2.29. The van der Waals surface area contributed by atoms with Crippen molar-refractivity contribution in [2.24, 2.45) is 0 Å². The van der Waals surface area contributed by atoms with E-state index in [1.54, 1.807) is 0 Å². The Balaban J connectivity index is 2.05. The quantitative estimate of drug-likeness (QED) is 0.878. The molecule has 2 rings (SSSR count). The van der Waals surface area contributed by atoms with Gasteiger partial charge in [-0.05, 0) is 11.6 Å². The van der Waals surface area contributed by atoms with Crippen LogP contribution in [0.2, 0.25) is 0 Å². The fraction of sp³-hybridized carbons (Fsp3) is 0.312. The maximum Gasteiger partial charge on any atom is 0.416 e. The van der Waals surface area contributed by atoms with E-state index in [0.717, 1.165) is 6.07 Å². The molecule has 0 aliphatic rings. The molecule has 0 bridgehead atoms. The minimum Gasteiger partial charge on any atom is -0.387 e. The second kappa shape index (κ2) is 7.39. The zero-order valence-electron chi connectivity index (χ0n) is 12.8. The first kappa shape index (κ1) is 17.9. The van der Waals surface area contributed by atoms with Crippen molar-refractivity contribution in [1.29, 1.82) is 0 Å². The van der Waals surface area contributed by atoms with E-state index in [9.17, 15) is 23.1 Å². The molecule has 0 aliphatic carbocycles. The molecule has 1 aromatic heterocycles. The molecule has 0 fully saturated rings. The summed E-state index contributed by atoms with van der Waals surface area (Å²) < 4.78 is 38.8. The summed E-state index contributed by atoms with van der Waals surface area (Å²) in [6.45, 7) is 1.50. The van der Waals surface area contributed by atoms with Gasteiger partial charge in [-0.3, -0.25) is 4.79 Å². The number of hydrogen-bond acceptors (Lipinski definition) is 4. The Labute approximate surface area is 136 Å². The third-order valence-corrected chi connectivity index (χ3v) is 3.36. The summed E-state index contributed by atoms with van der Waals surface area (Å²) >= 11 is 0. The predicted molar refractivity (Wildman–Crippen MR) is 80.1 cm³/mol. The highest BCUT2D eigenvalue weighted by atomic mass is 19.4. The highest BCUT2D eigenvalue weighted by molar-refractivity contribution is 5.93. The molecule has 1 amide bonds. The number of halogens is 3. The van der Waals surface area contributed by atoms with Crippen LogP contribution in [0.25, 0.3) is 0 Å². The van der Waals surface area contributed by atoms with Crippen LogP contribution in [0.5, 0.6) is 0 Å². The summed E-state index contributed by atoms with van der Waals surface area (Å²) in [5.41, 5.74) is -1.05. The number of carbonyl (C=O) groups is 1. The number of hydrogen-bond donors (Lipinski definition) is 2. The number of aromatic nitrogens is 2. The summed E-state index contributed by atoms with van der Waals surface area (Å²) in [5, 5.41) is 12.4. The summed E-state index contributed by atoms with van der Waals surface area (Å²) in [4.78, 5) is 19.9. The Morgan fingerprint density at radius 1 is 1.25 bits per heavy atom. The van der Waals surface area contributed by atoms with Crippen LogP contribution in [0.3, 0.4) is 0 Å². The van der Waals surface area contributed by atoms with Gasteiger partial charge in [0.2, 0.25) is 0 Å². The molecule has 1 aromatic carbocycles. The molecule has 2 aromatic rings. The first-order valence-corrected chi connectivity index (χ1v) is 7.26. The number of aliphatic hydroxyl groups excluding tert-OH is 1. The zero-order valence-corrected chi connectivity index (χ0v) is 12.8. The first-order valence-electron chi connectivity index (χ1n) is 7.26. The van der Waals surface area contributed by atoms with Crippen LogP contribution in [0.4, 0.5) is 13.2 Å². The average molecular weight is 339 g/mol. The lowest BCUT2D eigenvalue weighted by Gasteiger charge is -2.17. The van der Waals surface area contributed by atoms with Crippen LogP contribution in [-0.4, -0.2) is 27.5 Å². The van der Waals surface area contributed by atoms with E-state index in [0.29, 0.717) is 12.2 Å². The van der Waals surface area contributed by atoms with Gasteiger partial charge >= 0.3 is 6.18 Å². The summed E-state index contributed by atoms with van der Waals surface area (Å²) in [7, 11) is 0. The van der Waals surface area contributed by atoms with Crippen LogP contribution < -0.4 is 5.32 Å². The summed E-state index contributed by atoms with van der Waals surface area (Å²) in [6.07, 6.45) is -2.78. The largest absolute Gasteiger partial charge is 0.416 e. The Kier molecular flexibility index (Phi) is 5.50. The molecule has 8 heteroatoms. The van der Waals surface area contributed by atoms with Crippen molar-refractivity contribution in [2.45, 2.75) is 25.6 Å². The van der Waals surface area contributed by atoms with Crippen molar-refractivity contribution in [3.8, 4) is 0 Å². The number of rotatable bonds is 5. The standard InChI is InChI=1S/C16H16F3N3O2/c1-2-14-20-7-10(8-21-14)15(24)22-9-13(23)11-5-3-4-6-12(11)16(17,18)19/h3-8,13,23H,2,9H2,1H3,(H,22,24). The van der Waals surface area contributed by atoms with E-state index >= 15 is 0 Å². The Morgan fingerprint density at radius 2 is 1.88 bits per heavy atom. The fourth-order valence-corrected chi connectivity index (χ4v) is 2.10. The van der Waals surface area contributed by atoms with Crippen LogP contribution in [0, 0.1) is 0 Å². The number of nitrogens with zero attached hydrogens (tertiary/aromatic N) is 2.